The zero-order valence-electron chi connectivity index (χ0n) is 57.6. The zero-order valence-corrected chi connectivity index (χ0v) is 58.4. The first kappa shape index (κ1) is 60.1. The first-order chi connectivity index (χ1) is 51.4. The molecule has 1 spiro atoms. The van der Waals surface area contributed by atoms with Gasteiger partial charge in [0.15, 0.2) is 0 Å². The molecule has 3 heteroatoms. The molecule has 4 aliphatic rings. The van der Waals surface area contributed by atoms with Crippen LogP contribution in [0.3, 0.4) is 0 Å². The van der Waals surface area contributed by atoms with Crippen LogP contribution in [0.15, 0.2) is 376 Å². The molecule has 1 heterocycles. The Morgan fingerprint density at radius 3 is 0.981 bits per heavy atom. The molecule has 0 N–H and O–H groups in total. The fourth-order valence-corrected chi connectivity index (χ4v) is 20.1. The minimum absolute atomic E-state index is 0.432. The van der Waals surface area contributed by atoms with E-state index >= 15 is 0 Å². The van der Waals surface area contributed by atoms with E-state index in [1.807, 2.05) is 11.3 Å². The molecule has 488 valence electrons. The first-order valence-electron chi connectivity index (χ1n) is 36.3. The molecule has 0 aliphatic heterocycles. The Hall–Kier alpha value is -12.7. The maximum absolute atomic E-state index is 2.52. The van der Waals surface area contributed by atoms with Gasteiger partial charge >= 0.3 is 0 Å². The van der Waals surface area contributed by atoms with Gasteiger partial charge in [-0.05, 0) is 221 Å². The van der Waals surface area contributed by atoms with E-state index in [1.54, 1.807) is 0 Å². The average Bonchev–Trinajstić information content (AvgIpc) is 1.51. The van der Waals surface area contributed by atoms with E-state index in [0.717, 1.165) is 45.3 Å². The van der Waals surface area contributed by atoms with Gasteiger partial charge in [-0.3, -0.25) is 0 Å². The fraction of sp³-hybridized carbons (Fsp3) is 0.0495. The van der Waals surface area contributed by atoms with Crippen LogP contribution in [-0.2, 0) is 16.2 Å². The van der Waals surface area contributed by atoms with Gasteiger partial charge in [0, 0.05) is 54.3 Å². The predicted octanol–water partition coefficient (Wildman–Crippen LogP) is 26.3. The van der Waals surface area contributed by atoms with E-state index in [2.05, 4.69) is 400 Å². The van der Waals surface area contributed by atoms with E-state index in [4.69, 9.17) is 0 Å². The number of hydrogen-bond donors (Lipinski definition) is 0. The largest absolute Gasteiger partial charge is 0.310 e. The zero-order chi connectivity index (χ0) is 68.8. The van der Waals surface area contributed by atoms with Gasteiger partial charge in [0.25, 0.3) is 0 Å². The van der Waals surface area contributed by atoms with Crippen molar-refractivity contribution in [3.8, 4) is 55.6 Å². The summed E-state index contributed by atoms with van der Waals surface area (Å²) in [5, 5.41) is 2.55. The summed E-state index contributed by atoms with van der Waals surface area (Å²) in [5.74, 6) is 0. The van der Waals surface area contributed by atoms with Gasteiger partial charge in [0.05, 0.1) is 16.2 Å². The number of aryl methyl sites for hydroxylation is 2. The third-order valence-corrected chi connectivity index (χ3v) is 24.5. The molecule has 0 saturated carbocycles. The van der Waals surface area contributed by atoms with Crippen molar-refractivity contribution in [2.75, 3.05) is 9.80 Å². The summed E-state index contributed by atoms with van der Waals surface area (Å²) < 4.78 is 2.58. The van der Waals surface area contributed by atoms with Crippen LogP contribution in [0.1, 0.15) is 77.9 Å². The van der Waals surface area contributed by atoms with Crippen LogP contribution in [0, 0.1) is 13.8 Å². The molecule has 17 aromatic rings. The molecule has 21 rings (SSSR count). The lowest BCUT2D eigenvalue weighted by Crippen LogP contribution is -2.29. The minimum Gasteiger partial charge on any atom is -0.310 e. The normalized spacial score (nSPS) is 13.9. The molecule has 0 amide bonds. The molecule has 0 unspecified atom stereocenters. The third-order valence-electron chi connectivity index (χ3n) is 23.3. The highest BCUT2D eigenvalue weighted by Crippen LogP contribution is 2.65. The summed E-state index contributed by atoms with van der Waals surface area (Å²) in [6.45, 7) is 4.46. The van der Waals surface area contributed by atoms with Crippen molar-refractivity contribution in [3.63, 3.8) is 0 Å². The number of fused-ring (bicyclic) bond motifs is 19. The Bertz CT molecular complexity index is 6000. The number of anilines is 6. The lowest BCUT2D eigenvalue weighted by Gasteiger charge is -2.36. The summed E-state index contributed by atoms with van der Waals surface area (Å²) in [7, 11) is 0. The number of thiophene rings is 1. The highest BCUT2D eigenvalue weighted by atomic mass is 32.1. The molecule has 0 fully saturated rings. The van der Waals surface area contributed by atoms with E-state index in [9.17, 15) is 0 Å². The van der Waals surface area contributed by atoms with Crippen molar-refractivity contribution in [2.24, 2.45) is 0 Å². The molecule has 2 nitrogen and oxygen atoms in total. The molecular weight excluding hydrogens is 1270 g/mol. The molecule has 0 bridgehead atoms. The summed E-state index contributed by atoms with van der Waals surface area (Å²) in [6, 6.07) is 143. The van der Waals surface area contributed by atoms with Gasteiger partial charge in [-0.1, -0.05) is 302 Å². The maximum Gasteiger partial charge on any atom is 0.0725 e. The summed E-state index contributed by atoms with van der Waals surface area (Å²) in [6.07, 6.45) is 0. The Morgan fingerprint density at radius 1 is 0.202 bits per heavy atom. The van der Waals surface area contributed by atoms with E-state index < -0.39 is 16.2 Å². The molecule has 0 saturated heterocycles. The van der Waals surface area contributed by atoms with Crippen LogP contribution < -0.4 is 9.80 Å². The average molecular weight is 1340 g/mol. The SMILES string of the molecule is Cc1ccc2c(c1)C(c1ccccc1)(c1ccccc1)c1cc(N(c3ccc(-c4ccc(N(c5ccc6c(c5)-c5ccccc5C65c6ccccc6-c6ccccc65)c5ccc6sc7ccccc7c6c5)cc4)cc3)c3ccc4c(c3)C(c3ccccc3)(c3ccccc3)c3cc(C)ccc3-4)ccc1-2. The van der Waals surface area contributed by atoms with Crippen molar-refractivity contribution >= 4 is 65.6 Å². The van der Waals surface area contributed by atoms with Crippen LogP contribution >= 0.6 is 11.3 Å². The van der Waals surface area contributed by atoms with Gasteiger partial charge in [-0.2, -0.15) is 0 Å². The van der Waals surface area contributed by atoms with Crippen molar-refractivity contribution in [3.05, 3.63) is 454 Å². The smallest absolute Gasteiger partial charge is 0.0725 e. The first-order valence-corrected chi connectivity index (χ1v) is 37.1. The Labute approximate surface area is 611 Å². The van der Waals surface area contributed by atoms with Crippen molar-refractivity contribution in [2.45, 2.75) is 30.1 Å². The summed E-state index contributed by atoms with van der Waals surface area (Å²) >= 11 is 1.86. The second kappa shape index (κ2) is 23.2. The van der Waals surface area contributed by atoms with Crippen LogP contribution in [0.2, 0.25) is 0 Å². The Kier molecular flexibility index (Phi) is 13.4. The molecular formula is C101H68N2S. The lowest BCUT2D eigenvalue weighted by atomic mass is 9.67. The second-order valence-electron chi connectivity index (χ2n) is 28.7. The lowest BCUT2D eigenvalue weighted by molar-refractivity contribution is 0.766. The third kappa shape index (κ3) is 8.56. The van der Waals surface area contributed by atoms with Gasteiger partial charge in [-0.25, -0.2) is 0 Å². The summed E-state index contributed by atoms with van der Waals surface area (Å²) in [5.41, 5.74) is 35.3. The van der Waals surface area contributed by atoms with E-state index in [1.165, 1.54) is 143 Å². The Balaban J connectivity index is 0.725. The van der Waals surface area contributed by atoms with E-state index in [0.29, 0.717) is 0 Å². The standard InChI is InChI=1S/C101H68N2S/c1-65-39-53-82-84-55-49-77(63-95(84)99(93(82)59-65,69-23-7-3-8-24-69)70-25-9-4-10-26-70)103(78-50-56-85-83-54-40-66(2)60-94(83)100(96(85)64-78,71-27-11-5-12-28-71)72-29-13-6-14-30-72)74-47-43-68(44-48-74)67-41-45-73(46-42-67)102(76-52-58-98-88(62-76)86-34-18-22-38-97(86)104-98)75-51-57-92-87(61-75)81-33-17-21-37-91(81)101(92)89-35-19-15-31-79(89)80-32-16-20-36-90(80)101/h3-64H,1-2H3. The quantitative estimate of drug-likeness (QED) is 0.127. The highest BCUT2D eigenvalue weighted by Gasteiger charge is 2.53. The van der Waals surface area contributed by atoms with Gasteiger partial charge in [0.2, 0.25) is 0 Å². The Morgan fingerprint density at radius 2 is 0.519 bits per heavy atom. The van der Waals surface area contributed by atoms with Crippen molar-refractivity contribution in [1.29, 1.82) is 0 Å². The second-order valence-corrected chi connectivity index (χ2v) is 29.8. The van der Waals surface area contributed by atoms with Gasteiger partial charge in [-0.15, -0.1) is 11.3 Å². The molecule has 0 radical (unpaired) electrons. The van der Waals surface area contributed by atoms with Crippen LogP contribution in [0.25, 0.3) is 75.8 Å². The van der Waals surface area contributed by atoms with Crippen LogP contribution in [0.5, 0.6) is 0 Å². The molecule has 104 heavy (non-hydrogen) atoms. The highest BCUT2D eigenvalue weighted by molar-refractivity contribution is 7.25. The van der Waals surface area contributed by atoms with Gasteiger partial charge < -0.3 is 9.80 Å². The maximum atomic E-state index is 2.52. The summed E-state index contributed by atoms with van der Waals surface area (Å²) in [4.78, 5) is 4.99. The molecule has 0 atom stereocenters. The molecule has 4 aliphatic carbocycles. The number of hydrogen-bond acceptors (Lipinski definition) is 3. The molecule has 16 aromatic carbocycles. The monoisotopic (exact) mass is 1340 g/mol. The van der Waals surface area contributed by atoms with Crippen LogP contribution in [0.4, 0.5) is 34.1 Å². The fourth-order valence-electron chi connectivity index (χ4n) is 19.0. The van der Waals surface area contributed by atoms with Crippen LogP contribution in [-0.4, -0.2) is 0 Å². The number of benzene rings is 16. The molecule has 1 aromatic heterocycles. The minimum atomic E-state index is -0.602. The number of nitrogens with zero attached hydrogens (tertiary/aromatic N) is 2. The van der Waals surface area contributed by atoms with E-state index in [-0.39, 0.29) is 0 Å². The van der Waals surface area contributed by atoms with Crippen molar-refractivity contribution in [1.82, 2.24) is 0 Å². The van der Waals surface area contributed by atoms with Crippen molar-refractivity contribution < 1.29 is 0 Å². The topological polar surface area (TPSA) is 6.48 Å². The predicted molar refractivity (Wildman–Crippen MR) is 435 cm³/mol. The number of rotatable bonds is 11. The van der Waals surface area contributed by atoms with Gasteiger partial charge in [0.1, 0.15) is 0 Å².